The number of carbonyl (C=O) groups excluding carboxylic acids is 1. The predicted octanol–water partition coefficient (Wildman–Crippen LogP) is 5.81. The molecule has 0 bridgehead atoms. The average molecular weight is 367 g/mol. The van der Waals surface area contributed by atoms with E-state index in [9.17, 15) is 9.90 Å². The van der Waals surface area contributed by atoms with E-state index in [0.717, 1.165) is 16.0 Å². The fourth-order valence-electron chi connectivity index (χ4n) is 2.59. The Labute approximate surface area is 157 Å². The molecule has 0 radical (unpaired) electrons. The Balaban J connectivity index is 3.39. The molecule has 1 aromatic rings. The fraction of sp³-hybridized carbons (Fsp3) is 0.667. The minimum absolute atomic E-state index is 0.160. The molecule has 0 aromatic heterocycles. The molecule has 1 N–H and O–H groups in total. The van der Waals surface area contributed by atoms with E-state index < -0.39 is 0 Å². The van der Waals surface area contributed by atoms with Crippen LogP contribution in [0.25, 0.3) is 0 Å². The summed E-state index contributed by atoms with van der Waals surface area (Å²) in [5.41, 5.74) is 1.57. The maximum Gasteiger partial charge on any atom is 0.302 e. The number of carbonyl (C=O) groups is 1. The average Bonchev–Trinajstić information content (AvgIpc) is 2.36. The number of ether oxygens (including phenoxy) is 1. The summed E-state index contributed by atoms with van der Waals surface area (Å²) in [5.74, 6) is 0.118. The molecule has 0 amide bonds. The minimum atomic E-state index is -0.285. The van der Waals surface area contributed by atoms with Gasteiger partial charge in [0.25, 0.3) is 0 Å². The van der Waals surface area contributed by atoms with E-state index >= 15 is 0 Å². The van der Waals surface area contributed by atoms with Crippen molar-refractivity contribution in [2.45, 2.75) is 95.8 Å². The zero-order valence-electron chi connectivity index (χ0n) is 17.4. The van der Waals surface area contributed by atoms with Crippen LogP contribution in [0.3, 0.4) is 0 Å². The number of thioether (sulfide) groups is 1. The van der Waals surface area contributed by atoms with Gasteiger partial charge in [-0.1, -0.05) is 41.5 Å². The Hall–Kier alpha value is -1.16. The highest BCUT2D eigenvalue weighted by atomic mass is 32.2. The molecule has 142 valence electrons. The molecule has 4 heteroatoms. The Morgan fingerprint density at radius 2 is 1.40 bits per heavy atom. The molecule has 25 heavy (non-hydrogen) atoms. The second-order valence-corrected chi connectivity index (χ2v) is 11.1. The zero-order valence-corrected chi connectivity index (χ0v) is 18.2. The topological polar surface area (TPSA) is 46.5 Å². The highest BCUT2D eigenvalue weighted by Gasteiger charge is 2.32. The lowest BCUT2D eigenvalue weighted by molar-refractivity contribution is -0.146. The second kappa shape index (κ2) is 7.22. The van der Waals surface area contributed by atoms with Crippen molar-refractivity contribution in [2.24, 2.45) is 0 Å². The third kappa shape index (κ3) is 5.67. The molecular weight excluding hydrogens is 332 g/mol. The number of aromatic hydroxyl groups is 1. The van der Waals surface area contributed by atoms with Crippen molar-refractivity contribution >= 4 is 17.7 Å². The van der Waals surface area contributed by atoms with Crippen LogP contribution in [0.2, 0.25) is 0 Å². The Morgan fingerprint density at radius 3 is 1.72 bits per heavy atom. The second-order valence-electron chi connectivity index (χ2n) is 9.32. The van der Waals surface area contributed by atoms with E-state index in [1.165, 1.54) is 6.92 Å². The van der Waals surface area contributed by atoms with Crippen LogP contribution in [0.1, 0.15) is 80.4 Å². The lowest BCUT2D eigenvalue weighted by Gasteiger charge is -2.33. The van der Waals surface area contributed by atoms with Gasteiger partial charge in [0.2, 0.25) is 0 Å². The van der Waals surface area contributed by atoms with Gasteiger partial charge in [-0.3, -0.25) is 4.79 Å². The quantitative estimate of drug-likeness (QED) is 0.539. The summed E-state index contributed by atoms with van der Waals surface area (Å²) in [6.07, 6.45) is -0.222. The number of phenols is 1. The first-order valence-electron chi connectivity index (χ1n) is 8.80. The summed E-state index contributed by atoms with van der Waals surface area (Å²) in [5, 5.41) is 10.8. The van der Waals surface area contributed by atoms with Gasteiger partial charge in [-0.25, -0.2) is 0 Å². The molecule has 0 aliphatic carbocycles. The van der Waals surface area contributed by atoms with Crippen LogP contribution in [0.15, 0.2) is 17.0 Å². The van der Waals surface area contributed by atoms with Crippen LogP contribution >= 0.6 is 11.8 Å². The van der Waals surface area contributed by atoms with Crippen molar-refractivity contribution in [3.63, 3.8) is 0 Å². The van der Waals surface area contributed by atoms with E-state index in [0.29, 0.717) is 5.75 Å². The molecule has 0 heterocycles. The molecule has 1 atom stereocenters. The first-order chi connectivity index (χ1) is 11.1. The van der Waals surface area contributed by atoms with Gasteiger partial charge < -0.3 is 9.84 Å². The fourth-order valence-corrected chi connectivity index (χ4v) is 3.76. The number of rotatable bonds is 4. The molecule has 1 rings (SSSR count). The minimum Gasteiger partial charge on any atom is -0.507 e. The maximum atomic E-state index is 11.3. The smallest absolute Gasteiger partial charge is 0.302 e. The van der Waals surface area contributed by atoms with E-state index in [1.807, 2.05) is 6.92 Å². The lowest BCUT2D eigenvalue weighted by Crippen LogP contribution is -2.34. The summed E-state index contributed by atoms with van der Waals surface area (Å²) in [4.78, 5) is 12.4. The SMILES string of the molecule is CC(=O)OC(C)C(C)(C)Sc1cc(C(C)(C)C)c(O)c(C(C)(C)C)c1. The maximum absolute atomic E-state index is 11.3. The van der Waals surface area contributed by atoms with Gasteiger partial charge >= 0.3 is 5.97 Å². The highest BCUT2D eigenvalue weighted by Crippen LogP contribution is 2.45. The Bertz CT molecular complexity index is 599. The van der Waals surface area contributed by atoms with E-state index in [4.69, 9.17) is 4.74 Å². The summed E-state index contributed by atoms with van der Waals surface area (Å²) < 4.78 is 5.11. The molecular formula is C21H34O3S. The van der Waals surface area contributed by atoms with Crippen LogP contribution < -0.4 is 0 Å². The first-order valence-corrected chi connectivity index (χ1v) is 9.61. The van der Waals surface area contributed by atoms with Gasteiger partial charge in [-0.05, 0) is 43.7 Å². The van der Waals surface area contributed by atoms with Gasteiger partial charge in [-0.2, -0.15) is 0 Å². The molecule has 3 nitrogen and oxygen atoms in total. The van der Waals surface area contributed by atoms with Crippen molar-refractivity contribution in [3.05, 3.63) is 23.3 Å². The zero-order chi connectivity index (χ0) is 19.8. The summed E-state index contributed by atoms with van der Waals surface area (Å²) in [6, 6.07) is 4.13. The predicted molar refractivity (Wildman–Crippen MR) is 107 cm³/mol. The molecule has 0 aliphatic heterocycles. The largest absolute Gasteiger partial charge is 0.507 e. The number of hydrogen-bond acceptors (Lipinski definition) is 4. The van der Waals surface area contributed by atoms with Crippen LogP contribution in [0.5, 0.6) is 5.75 Å². The van der Waals surface area contributed by atoms with E-state index in [2.05, 4.69) is 67.5 Å². The molecule has 0 saturated carbocycles. The van der Waals surface area contributed by atoms with E-state index in [-0.39, 0.29) is 27.7 Å². The first kappa shape index (κ1) is 21.9. The number of hydrogen-bond donors (Lipinski definition) is 1. The highest BCUT2D eigenvalue weighted by molar-refractivity contribution is 8.00. The summed E-state index contributed by atoms with van der Waals surface area (Å²) in [7, 11) is 0. The standard InChI is InChI=1S/C21H34O3S/c1-13(24-14(2)22)21(9,10)25-15-11-16(19(3,4)5)18(23)17(12-15)20(6,7)8/h11-13,23H,1-10H3. The Morgan fingerprint density at radius 1 is 1.00 bits per heavy atom. The summed E-state index contributed by atoms with van der Waals surface area (Å²) >= 11 is 1.68. The number of phenolic OH excluding ortho intramolecular Hbond substituents is 1. The normalized spacial score (nSPS) is 14.3. The number of benzene rings is 1. The van der Waals surface area contributed by atoms with Gasteiger partial charge in [0.15, 0.2) is 0 Å². The van der Waals surface area contributed by atoms with Crippen molar-refractivity contribution in [2.75, 3.05) is 0 Å². The van der Waals surface area contributed by atoms with Gasteiger partial charge in [-0.15, -0.1) is 11.8 Å². The van der Waals surface area contributed by atoms with E-state index in [1.54, 1.807) is 11.8 Å². The van der Waals surface area contributed by atoms with Gasteiger partial charge in [0, 0.05) is 22.9 Å². The monoisotopic (exact) mass is 366 g/mol. The van der Waals surface area contributed by atoms with Gasteiger partial charge in [0.1, 0.15) is 11.9 Å². The van der Waals surface area contributed by atoms with Crippen molar-refractivity contribution in [1.29, 1.82) is 0 Å². The van der Waals surface area contributed by atoms with Crippen LogP contribution in [-0.4, -0.2) is 21.9 Å². The van der Waals surface area contributed by atoms with Crippen LogP contribution in [0, 0.1) is 0 Å². The van der Waals surface area contributed by atoms with Crippen molar-refractivity contribution < 1.29 is 14.6 Å². The number of esters is 1. The third-order valence-corrected chi connectivity index (χ3v) is 5.73. The molecule has 0 saturated heterocycles. The van der Waals surface area contributed by atoms with Crippen LogP contribution in [-0.2, 0) is 20.4 Å². The molecule has 0 aliphatic rings. The Kier molecular flexibility index (Phi) is 6.32. The van der Waals surface area contributed by atoms with Gasteiger partial charge in [0.05, 0.1) is 4.75 Å². The summed E-state index contributed by atoms with van der Waals surface area (Å²) in [6.45, 7) is 20.1. The molecule has 1 aromatic carbocycles. The lowest BCUT2D eigenvalue weighted by atomic mass is 9.79. The van der Waals surface area contributed by atoms with Crippen molar-refractivity contribution in [1.82, 2.24) is 0 Å². The third-order valence-electron chi connectivity index (χ3n) is 4.40. The van der Waals surface area contributed by atoms with Crippen LogP contribution in [0.4, 0.5) is 0 Å². The molecule has 0 spiro atoms. The van der Waals surface area contributed by atoms with Crippen molar-refractivity contribution in [3.8, 4) is 5.75 Å². The molecule has 0 fully saturated rings. The molecule has 1 unspecified atom stereocenters.